The summed E-state index contributed by atoms with van der Waals surface area (Å²) in [5, 5.41) is 0. The van der Waals surface area contributed by atoms with E-state index in [9.17, 15) is 13.2 Å². The van der Waals surface area contributed by atoms with Crippen LogP contribution in [0.4, 0.5) is 0 Å². The van der Waals surface area contributed by atoms with Gasteiger partial charge in [-0.3, -0.25) is 4.79 Å². The lowest BCUT2D eigenvalue weighted by Gasteiger charge is -2.27. The van der Waals surface area contributed by atoms with Crippen LogP contribution in [-0.2, 0) is 15.7 Å². The van der Waals surface area contributed by atoms with Crippen LogP contribution in [0.1, 0.15) is 0 Å². The molecule has 5 nitrogen and oxygen atoms in total. The third-order valence-corrected chi connectivity index (χ3v) is 3.56. The van der Waals surface area contributed by atoms with Gasteiger partial charge in [0, 0.05) is 18.1 Å². The van der Waals surface area contributed by atoms with Crippen molar-refractivity contribution in [3.05, 3.63) is 0 Å². The van der Waals surface area contributed by atoms with Crippen LogP contribution in [0.15, 0.2) is 0 Å². The number of thioether (sulfide) groups is 1. The van der Waals surface area contributed by atoms with E-state index in [0.29, 0.717) is 12.3 Å². The number of rotatable bonds is 2. The second-order valence-corrected chi connectivity index (χ2v) is 4.53. The number of primary amides is 1. The van der Waals surface area contributed by atoms with E-state index in [4.69, 9.17) is 5.73 Å². The van der Waals surface area contributed by atoms with Crippen LogP contribution in [0.3, 0.4) is 0 Å². The highest BCUT2D eigenvalue weighted by Crippen LogP contribution is 2.15. The molecular weight excluding hydrogens is 200 g/mol. The number of nitrogens with zero attached hydrogens (tertiary/aromatic N) is 1. The average molecular weight is 210 g/mol. The molecule has 1 atom stereocenters. The van der Waals surface area contributed by atoms with Gasteiger partial charge in [-0.15, -0.1) is 0 Å². The molecule has 1 heterocycles. The molecule has 12 heavy (non-hydrogen) atoms. The van der Waals surface area contributed by atoms with Crippen molar-refractivity contribution in [2.75, 3.05) is 18.1 Å². The Morgan fingerprint density at radius 1 is 1.58 bits per heavy atom. The molecule has 1 unspecified atom stereocenters. The number of hydrogen-bond donors (Lipinski definition) is 2. The largest absolute Gasteiger partial charge is 0.368 e. The van der Waals surface area contributed by atoms with Gasteiger partial charge in [-0.2, -0.15) is 16.1 Å². The first-order valence-electron chi connectivity index (χ1n) is 3.41. The fourth-order valence-corrected chi connectivity index (χ4v) is 3.01. The highest BCUT2D eigenvalue weighted by molar-refractivity contribution is 7.99. The van der Waals surface area contributed by atoms with Gasteiger partial charge < -0.3 is 5.73 Å². The van der Waals surface area contributed by atoms with Crippen LogP contribution in [0.2, 0.25) is 0 Å². The Morgan fingerprint density at radius 3 is 2.67 bits per heavy atom. The third kappa shape index (κ3) is 2.11. The molecule has 1 aliphatic heterocycles. The minimum atomic E-state index is -2.67. The maximum atomic E-state index is 10.8. The number of carbonyl (C=O) groups excluding carboxylic acids is 1. The summed E-state index contributed by atoms with van der Waals surface area (Å²) in [5.41, 5.74) is 5.03. The Balaban J connectivity index is 2.73. The van der Waals surface area contributed by atoms with E-state index in [-0.39, 0.29) is 0 Å². The average Bonchev–Trinajstić information content (AvgIpc) is 2.04. The molecule has 0 aromatic carbocycles. The highest BCUT2D eigenvalue weighted by Gasteiger charge is 2.28. The molecule has 0 aromatic heterocycles. The van der Waals surface area contributed by atoms with Gasteiger partial charge in [0.2, 0.25) is 16.8 Å². The van der Waals surface area contributed by atoms with E-state index in [1.165, 1.54) is 0 Å². The van der Waals surface area contributed by atoms with E-state index >= 15 is 0 Å². The topological polar surface area (TPSA) is 80.5 Å². The van der Waals surface area contributed by atoms with Crippen molar-refractivity contribution in [1.82, 2.24) is 4.31 Å². The zero-order chi connectivity index (χ0) is 9.14. The molecule has 1 aliphatic rings. The molecule has 1 amide bonds. The zero-order valence-corrected chi connectivity index (χ0v) is 8.01. The lowest BCUT2D eigenvalue weighted by atomic mass is 10.3. The van der Waals surface area contributed by atoms with Crippen LogP contribution in [-0.4, -0.2) is 42.7 Å². The van der Waals surface area contributed by atoms with Crippen LogP contribution in [0, 0.1) is 0 Å². The van der Waals surface area contributed by atoms with Crippen molar-refractivity contribution in [1.29, 1.82) is 0 Å². The zero-order valence-electron chi connectivity index (χ0n) is 6.30. The quantitative estimate of drug-likeness (QED) is 0.539. The number of carbonyl (C=O) groups is 1. The molecule has 0 spiro atoms. The van der Waals surface area contributed by atoms with Crippen LogP contribution < -0.4 is 5.73 Å². The summed E-state index contributed by atoms with van der Waals surface area (Å²) < 4.78 is 22.4. The van der Waals surface area contributed by atoms with Crippen molar-refractivity contribution >= 4 is 28.6 Å². The Labute approximate surface area is 76.4 Å². The summed E-state index contributed by atoms with van der Waals surface area (Å²) in [6.07, 6.45) is 0. The standard InChI is InChI=1S/C5H10N2O3S2/c6-5(8)4-3-11-2-1-7(4)12(9)10/h4,12H,1-3H2,(H2,6,8). The van der Waals surface area contributed by atoms with E-state index < -0.39 is 22.8 Å². The molecule has 0 radical (unpaired) electrons. The Hall–Kier alpha value is -0.270. The number of hydrogen-bond acceptors (Lipinski definition) is 4. The molecule has 0 aromatic rings. The predicted octanol–water partition coefficient (Wildman–Crippen LogP) is -1.58. The lowest BCUT2D eigenvalue weighted by molar-refractivity contribution is -0.121. The maximum absolute atomic E-state index is 10.8. The predicted molar refractivity (Wildman–Crippen MR) is 47.3 cm³/mol. The lowest BCUT2D eigenvalue weighted by Crippen LogP contribution is -2.49. The van der Waals surface area contributed by atoms with Gasteiger partial charge in [0.15, 0.2) is 0 Å². The van der Waals surface area contributed by atoms with Gasteiger partial charge in [-0.1, -0.05) is 0 Å². The molecule has 1 saturated heterocycles. The SMILES string of the molecule is NC(=O)C1CSCCN1[SH](=O)=O. The molecule has 0 saturated carbocycles. The smallest absolute Gasteiger partial charge is 0.236 e. The van der Waals surface area contributed by atoms with Crippen LogP contribution in [0.25, 0.3) is 0 Å². The summed E-state index contributed by atoms with van der Waals surface area (Å²) in [5.74, 6) is 0.632. The van der Waals surface area contributed by atoms with Crippen molar-refractivity contribution in [2.45, 2.75) is 6.04 Å². The van der Waals surface area contributed by atoms with Crippen molar-refractivity contribution in [3.8, 4) is 0 Å². The monoisotopic (exact) mass is 210 g/mol. The second kappa shape index (κ2) is 4.11. The minimum Gasteiger partial charge on any atom is -0.368 e. The normalized spacial score (nSPS) is 25.9. The Morgan fingerprint density at radius 2 is 2.25 bits per heavy atom. The summed E-state index contributed by atoms with van der Waals surface area (Å²) >= 11 is 1.54. The van der Waals surface area contributed by atoms with Crippen molar-refractivity contribution in [2.24, 2.45) is 5.73 Å². The van der Waals surface area contributed by atoms with Crippen LogP contribution in [0.5, 0.6) is 0 Å². The number of nitrogens with two attached hydrogens (primary N) is 1. The summed E-state index contributed by atoms with van der Waals surface area (Å²) in [4.78, 5) is 10.8. The molecular formula is C5H10N2O3S2. The first-order valence-corrected chi connectivity index (χ1v) is 5.69. The number of amides is 1. The third-order valence-electron chi connectivity index (χ3n) is 1.64. The molecule has 7 heteroatoms. The Bertz CT molecular complexity index is 245. The molecule has 0 bridgehead atoms. The minimum absolute atomic E-state index is 0.386. The molecule has 0 aliphatic carbocycles. The highest BCUT2D eigenvalue weighted by atomic mass is 32.2. The molecule has 1 rings (SSSR count). The second-order valence-electron chi connectivity index (χ2n) is 2.39. The maximum Gasteiger partial charge on any atom is 0.236 e. The Kier molecular flexibility index (Phi) is 3.36. The van der Waals surface area contributed by atoms with E-state index in [1.54, 1.807) is 11.8 Å². The van der Waals surface area contributed by atoms with E-state index in [2.05, 4.69) is 0 Å². The van der Waals surface area contributed by atoms with Gasteiger partial charge in [0.25, 0.3) is 0 Å². The first kappa shape index (κ1) is 9.82. The first-order chi connectivity index (χ1) is 5.63. The van der Waals surface area contributed by atoms with Gasteiger partial charge in [-0.25, -0.2) is 8.42 Å². The van der Waals surface area contributed by atoms with Crippen molar-refractivity contribution in [3.63, 3.8) is 0 Å². The summed E-state index contributed by atoms with van der Waals surface area (Å²) in [7, 11) is -2.67. The number of thiol groups is 1. The fraction of sp³-hybridized carbons (Fsp3) is 0.800. The summed E-state index contributed by atoms with van der Waals surface area (Å²) in [6.45, 7) is 0.386. The molecule has 70 valence electrons. The molecule has 2 N–H and O–H groups in total. The summed E-state index contributed by atoms with van der Waals surface area (Å²) in [6, 6.07) is -0.648. The van der Waals surface area contributed by atoms with Gasteiger partial charge in [-0.05, 0) is 0 Å². The van der Waals surface area contributed by atoms with Gasteiger partial charge in [0.1, 0.15) is 6.04 Å². The van der Waals surface area contributed by atoms with E-state index in [0.717, 1.165) is 10.1 Å². The molecule has 1 fully saturated rings. The van der Waals surface area contributed by atoms with E-state index in [1.807, 2.05) is 0 Å². The van der Waals surface area contributed by atoms with Crippen molar-refractivity contribution < 1.29 is 13.2 Å². The van der Waals surface area contributed by atoms with Gasteiger partial charge >= 0.3 is 0 Å². The van der Waals surface area contributed by atoms with Crippen LogP contribution >= 0.6 is 11.8 Å². The fourth-order valence-electron chi connectivity index (χ4n) is 1.02. The van der Waals surface area contributed by atoms with Gasteiger partial charge in [0.05, 0.1) is 0 Å².